The molecule has 3 aromatic rings. The highest BCUT2D eigenvalue weighted by Crippen LogP contribution is 2.32. The third-order valence-electron chi connectivity index (χ3n) is 7.72. The van der Waals surface area contributed by atoms with E-state index < -0.39 is 16.1 Å². The molecular weight excluding hydrogens is 360 g/mol. The highest BCUT2D eigenvalue weighted by molar-refractivity contribution is 6.95. The number of rotatable bonds is 8. The normalized spacial score (nSPS) is 13.0. The molecule has 27 heavy (non-hydrogen) atoms. The van der Waals surface area contributed by atoms with Crippen molar-refractivity contribution in [1.82, 2.24) is 0 Å². The molecule has 0 fully saturated rings. The van der Waals surface area contributed by atoms with Crippen LogP contribution in [0.15, 0.2) is 40.8 Å². The number of furan rings is 1. The van der Waals surface area contributed by atoms with Crippen LogP contribution in [-0.2, 0) is 0 Å². The van der Waals surface area contributed by atoms with Crippen LogP contribution in [-0.4, -0.2) is 16.1 Å². The lowest BCUT2D eigenvalue weighted by Crippen LogP contribution is -2.52. The number of benzene rings is 2. The van der Waals surface area contributed by atoms with E-state index in [2.05, 4.69) is 77.9 Å². The van der Waals surface area contributed by atoms with E-state index in [4.69, 9.17) is 4.42 Å². The predicted molar refractivity (Wildman–Crippen MR) is 127 cm³/mol. The minimum Gasteiger partial charge on any atom is -0.456 e. The molecule has 0 aliphatic carbocycles. The van der Waals surface area contributed by atoms with E-state index in [1.807, 2.05) is 0 Å². The van der Waals surface area contributed by atoms with E-state index in [1.165, 1.54) is 52.6 Å². The second-order valence-electron chi connectivity index (χ2n) is 8.18. The van der Waals surface area contributed by atoms with Crippen molar-refractivity contribution in [1.29, 1.82) is 0 Å². The van der Waals surface area contributed by atoms with Crippen molar-refractivity contribution in [2.45, 2.75) is 77.8 Å². The first-order chi connectivity index (χ1) is 13.0. The number of para-hydroxylation sites is 1. The predicted octanol–water partition coefficient (Wildman–Crippen LogP) is 7.02. The van der Waals surface area contributed by atoms with Crippen molar-refractivity contribution < 1.29 is 4.42 Å². The Morgan fingerprint density at radius 2 is 1.22 bits per heavy atom. The fourth-order valence-electron chi connectivity index (χ4n) is 5.21. The Morgan fingerprint density at radius 3 is 1.78 bits per heavy atom. The summed E-state index contributed by atoms with van der Waals surface area (Å²) in [6.45, 7) is 14.5. The van der Waals surface area contributed by atoms with Gasteiger partial charge < -0.3 is 4.42 Å². The van der Waals surface area contributed by atoms with E-state index in [-0.39, 0.29) is 0 Å². The number of hydrogen-bond donors (Lipinski definition) is 0. The summed E-state index contributed by atoms with van der Waals surface area (Å²) in [5.41, 5.74) is 2.25. The molecule has 0 saturated heterocycles. The molecule has 1 aromatic heterocycles. The minimum absolute atomic E-state index is 1.05. The summed E-state index contributed by atoms with van der Waals surface area (Å²) in [5.74, 6) is 0. The molecule has 3 rings (SSSR count). The third-order valence-corrected chi connectivity index (χ3v) is 18.9. The van der Waals surface area contributed by atoms with E-state index >= 15 is 0 Å². The molecule has 1 nitrogen and oxygen atoms in total. The van der Waals surface area contributed by atoms with Gasteiger partial charge in [0.2, 0.25) is 0 Å². The summed E-state index contributed by atoms with van der Waals surface area (Å²) >= 11 is 0. The molecule has 3 heteroatoms. The lowest BCUT2D eigenvalue weighted by atomic mass is 10.1. The van der Waals surface area contributed by atoms with Gasteiger partial charge in [-0.25, -0.2) is 0 Å². The zero-order valence-electron chi connectivity index (χ0n) is 18.1. The SMILES string of the molecule is CC[Si](CC)(CC)c1cc([Si](CC)(CC)CC)c2oc3ccccc3c2c1. The first kappa shape index (κ1) is 20.4. The molecule has 0 bridgehead atoms. The van der Waals surface area contributed by atoms with Gasteiger partial charge in [0.15, 0.2) is 0 Å². The fraction of sp³-hybridized carbons (Fsp3) is 0.500. The number of hydrogen-bond acceptors (Lipinski definition) is 1. The van der Waals surface area contributed by atoms with Crippen molar-refractivity contribution in [3.8, 4) is 0 Å². The van der Waals surface area contributed by atoms with Crippen LogP contribution >= 0.6 is 0 Å². The van der Waals surface area contributed by atoms with E-state index in [0.717, 1.165) is 5.58 Å². The molecule has 0 amide bonds. The lowest BCUT2D eigenvalue weighted by molar-refractivity contribution is 0.671. The highest BCUT2D eigenvalue weighted by Gasteiger charge is 2.36. The highest BCUT2D eigenvalue weighted by atomic mass is 28.3. The molecule has 0 N–H and O–H groups in total. The van der Waals surface area contributed by atoms with Crippen LogP contribution in [0.3, 0.4) is 0 Å². The van der Waals surface area contributed by atoms with Crippen molar-refractivity contribution in [2.75, 3.05) is 0 Å². The maximum Gasteiger partial charge on any atom is 0.135 e. The van der Waals surface area contributed by atoms with E-state index in [1.54, 1.807) is 10.4 Å². The molecule has 0 aliphatic heterocycles. The van der Waals surface area contributed by atoms with Crippen LogP contribution in [0, 0.1) is 0 Å². The Morgan fingerprint density at radius 1 is 0.667 bits per heavy atom. The minimum atomic E-state index is -1.54. The Labute approximate surface area is 167 Å². The van der Waals surface area contributed by atoms with Crippen LogP contribution in [0.2, 0.25) is 36.3 Å². The molecule has 0 spiro atoms. The number of fused-ring (bicyclic) bond motifs is 3. The second kappa shape index (κ2) is 7.96. The molecule has 0 unspecified atom stereocenters. The van der Waals surface area contributed by atoms with Crippen molar-refractivity contribution in [3.63, 3.8) is 0 Å². The monoisotopic (exact) mass is 396 g/mol. The van der Waals surface area contributed by atoms with Gasteiger partial charge in [-0.2, -0.15) is 0 Å². The third kappa shape index (κ3) is 3.13. The maximum atomic E-state index is 6.51. The molecule has 146 valence electrons. The van der Waals surface area contributed by atoms with Gasteiger partial charge in [0.25, 0.3) is 0 Å². The summed E-state index contributed by atoms with van der Waals surface area (Å²) in [6, 6.07) is 21.7. The molecule has 0 atom stereocenters. The van der Waals surface area contributed by atoms with Gasteiger partial charge in [0, 0.05) is 10.8 Å². The zero-order chi connectivity index (χ0) is 19.7. The second-order valence-corrected chi connectivity index (χ2v) is 18.7. The summed E-state index contributed by atoms with van der Waals surface area (Å²) < 4.78 is 6.51. The average molecular weight is 397 g/mol. The van der Waals surface area contributed by atoms with Gasteiger partial charge >= 0.3 is 0 Å². The molecule has 1 heterocycles. The Balaban J connectivity index is 2.45. The summed E-state index contributed by atoms with van der Waals surface area (Å²) in [5, 5.41) is 5.95. The smallest absolute Gasteiger partial charge is 0.135 e. The summed E-state index contributed by atoms with van der Waals surface area (Å²) in [6.07, 6.45) is 0. The Bertz CT molecular complexity index is 900. The first-order valence-corrected chi connectivity index (χ1v) is 16.2. The van der Waals surface area contributed by atoms with Gasteiger partial charge in [0.1, 0.15) is 11.2 Å². The van der Waals surface area contributed by atoms with Crippen molar-refractivity contribution in [3.05, 3.63) is 36.4 Å². The van der Waals surface area contributed by atoms with Gasteiger partial charge in [-0.15, -0.1) is 0 Å². The van der Waals surface area contributed by atoms with Crippen LogP contribution in [0.5, 0.6) is 0 Å². The maximum absolute atomic E-state index is 6.51. The first-order valence-electron chi connectivity index (χ1n) is 11.0. The van der Waals surface area contributed by atoms with Crippen LogP contribution in [0.4, 0.5) is 0 Å². The lowest BCUT2D eigenvalue weighted by Gasteiger charge is -2.33. The van der Waals surface area contributed by atoms with Gasteiger partial charge in [-0.1, -0.05) is 113 Å². The zero-order valence-corrected chi connectivity index (χ0v) is 20.1. The van der Waals surface area contributed by atoms with Crippen LogP contribution in [0.1, 0.15) is 41.5 Å². The fourth-order valence-corrected chi connectivity index (χ4v) is 12.8. The molecule has 0 radical (unpaired) electrons. The Kier molecular flexibility index (Phi) is 6.02. The van der Waals surface area contributed by atoms with Crippen molar-refractivity contribution >= 4 is 48.5 Å². The van der Waals surface area contributed by atoms with Crippen LogP contribution in [0.25, 0.3) is 21.9 Å². The largest absolute Gasteiger partial charge is 0.456 e. The van der Waals surface area contributed by atoms with Crippen LogP contribution < -0.4 is 10.4 Å². The quantitative estimate of drug-likeness (QED) is 0.373. The molecule has 0 saturated carbocycles. The van der Waals surface area contributed by atoms with Gasteiger partial charge in [0.05, 0.1) is 16.1 Å². The Hall–Kier alpha value is -1.33. The van der Waals surface area contributed by atoms with E-state index in [9.17, 15) is 0 Å². The van der Waals surface area contributed by atoms with Gasteiger partial charge in [-0.05, 0) is 11.3 Å². The van der Waals surface area contributed by atoms with E-state index in [0.29, 0.717) is 0 Å². The molecule has 0 aliphatic rings. The van der Waals surface area contributed by atoms with Gasteiger partial charge in [-0.3, -0.25) is 0 Å². The summed E-state index contributed by atoms with van der Waals surface area (Å²) in [7, 11) is -2.98. The standard InChI is InChI=1S/C24H36OSi2/c1-7-26(8-2,9-3)19-17-21-20-15-13-14-16-22(20)25-24(21)23(18-19)27(10-4,11-5)12-6/h13-18H,7-12H2,1-6H3. The molecule has 2 aromatic carbocycles. The molecular formula is C24H36OSi2. The summed E-state index contributed by atoms with van der Waals surface area (Å²) in [4.78, 5) is 0. The van der Waals surface area contributed by atoms with Crippen molar-refractivity contribution in [2.24, 2.45) is 0 Å². The average Bonchev–Trinajstić information content (AvgIpc) is 3.10. The topological polar surface area (TPSA) is 13.1 Å².